The number of thiophene rings is 1. The molecule has 1 heterocycles. The van der Waals surface area contributed by atoms with Crippen molar-refractivity contribution >= 4 is 17.1 Å². The lowest BCUT2D eigenvalue weighted by atomic mass is 9.84. The molecule has 2 aromatic rings. The van der Waals surface area contributed by atoms with Gasteiger partial charge in [-0.2, -0.15) is 0 Å². The van der Waals surface area contributed by atoms with Crippen molar-refractivity contribution in [2.75, 3.05) is 0 Å². The molecule has 110 valence electrons. The minimum atomic E-state index is 0.178. The normalized spacial score (nSPS) is 16.0. The molecule has 1 aromatic carbocycles. The summed E-state index contributed by atoms with van der Waals surface area (Å²) in [7, 11) is 0. The summed E-state index contributed by atoms with van der Waals surface area (Å²) < 4.78 is 0. The van der Waals surface area contributed by atoms with Gasteiger partial charge in [0.05, 0.1) is 4.88 Å². The molecule has 1 nitrogen and oxygen atoms in total. The Labute approximate surface area is 131 Å². The maximum Gasteiger partial charge on any atom is 0.203 e. The van der Waals surface area contributed by atoms with Crippen LogP contribution in [0.4, 0.5) is 0 Å². The molecular weight excluding hydrogens is 276 g/mol. The highest BCUT2D eigenvalue weighted by Gasteiger charge is 2.17. The van der Waals surface area contributed by atoms with Gasteiger partial charge in [0, 0.05) is 5.56 Å². The van der Waals surface area contributed by atoms with Crippen LogP contribution in [0.1, 0.15) is 71.3 Å². The third kappa shape index (κ3) is 3.11. The van der Waals surface area contributed by atoms with Gasteiger partial charge in [0.25, 0.3) is 0 Å². The lowest BCUT2D eigenvalue weighted by molar-refractivity contribution is 0.104. The first-order chi connectivity index (χ1) is 10.3. The van der Waals surface area contributed by atoms with E-state index in [1.807, 2.05) is 17.5 Å². The van der Waals surface area contributed by atoms with Crippen LogP contribution in [0.5, 0.6) is 0 Å². The van der Waals surface area contributed by atoms with Crippen LogP contribution in [0.15, 0.2) is 35.7 Å². The molecule has 2 heteroatoms. The number of carbonyl (C=O) groups is 1. The van der Waals surface area contributed by atoms with E-state index in [9.17, 15) is 4.79 Å². The Morgan fingerprint density at radius 1 is 1.10 bits per heavy atom. The van der Waals surface area contributed by atoms with Gasteiger partial charge in [-0.3, -0.25) is 4.79 Å². The first-order valence-electron chi connectivity index (χ1n) is 8.00. The predicted molar refractivity (Wildman–Crippen MR) is 89.4 cm³/mol. The van der Waals surface area contributed by atoms with Gasteiger partial charge in [0.2, 0.25) is 5.78 Å². The molecule has 0 bridgehead atoms. The van der Waals surface area contributed by atoms with Gasteiger partial charge in [-0.05, 0) is 47.8 Å². The van der Waals surface area contributed by atoms with E-state index in [4.69, 9.17) is 0 Å². The average Bonchev–Trinajstić information content (AvgIpc) is 3.04. The minimum absolute atomic E-state index is 0.178. The van der Waals surface area contributed by atoms with Crippen molar-refractivity contribution in [3.05, 3.63) is 57.3 Å². The van der Waals surface area contributed by atoms with Crippen molar-refractivity contribution in [2.24, 2.45) is 0 Å². The molecule has 1 aromatic heterocycles. The van der Waals surface area contributed by atoms with Gasteiger partial charge in [-0.15, -0.1) is 11.3 Å². The zero-order chi connectivity index (χ0) is 14.7. The molecule has 1 aliphatic rings. The highest BCUT2D eigenvalue weighted by atomic mass is 32.1. The van der Waals surface area contributed by atoms with E-state index >= 15 is 0 Å². The number of benzene rings is 1. The van der Waals surface area contributed by atoms with Gasteiger partial charge >= 0.3 is 0 Å². The van der Waals surface area contributed by atoms with Crippen LogP contribution in [0.25, 0.3) is 0 Å². The molecule has 1 aliphatic carbocycles. The maximum absolute atomic E-state index is 12.6. The van der Waals surface area contributed by atoms with Gasteiger partial charge < -0.3 is 0 Å². The first kappa shape index (κ1) is 14.5. The first-order valence-corrected chi connectivity index (χ1v) is 8.88. The highest BCUT2D eigenvalue weighted by Crippen LogP contribution is 2.33. The van der Waals surface area contributed by atoms with Crippen LogP contribution in [-0.2, 0) is 6.42 Å². The van der Waals surface area contributed by atoms with Crippen molar-refractivity contribution in [1.29, 1.82) is 0 Å². The lowest BCUT2D eigenvalue weighted by Gasteiger charge is -2.22. The second kappa shape index (κ2) is 6.57. The summed E-state index contributed by atoms with van der Waals surface area (Å²) in [6.45, 7) is 2.10. The zero-order valence-corrected chi connectivity index (χ0v) is 13.4. The number of rotatable bonds is 4. The van der Waals surface area contributed by atoms with Crippen LogP contribution >= 0.6 is 11.3 Å². The molecule has 1 saturated carbocycles. The molecule has 0 saturated heterocycles. The fraction of sp³-hybridized carbons (Fsp3) is 0.421. The Morgan fingerprint density at radius 2 is 1.81 bits per heavy atom. The monoisotopic (exact) mass is 298 g/mol. The molecule has 21 heavy (non-hydrogen) atoms. The molecule has 0 unspecified atom stereocenters. The Kier molecular flexibility index (Phi) is 4.54. The van der Waals surface area contributed by atoms with Crippen molar-refractivity contribution in [1.82, 2.24) is 0 Å². The van der Waals surface area contributed by atoms with Crippen LogP contribution in [-0.4, -0.2) is 5.78 Å². The molecule has 0 N–H and O–H groups in total. The molecule has 1 fully saturated rings. The van der Waals surface area contributed by atoms with E-state index in [1.54, 1.807) is 11.3 Å². The van der Waals surface area contributed by atoms with E-state index in [0.717, 1.165) is 16.9 Å². The SMILES string of the molecule is CCc1ccsc1C(=O)c1ccc(C2CCCCC2)cc1. The largest absolute Gasteiger partial charge is 0.288 e. The Balaban J connectivity index is 1.79. The van der Waals surface area contributed by atoms with Gasteiger partial charge in [-0.1, -0.05) is 50.5 Å². The number of hydrogen-bond donors (Lipinski definition) is 0. The third-order valence-corrected chi connectivity index (χ3v) is 5.54. The van der Waals surface area contributed by atoms with Crippen LogP contribution < -0.4 is 0 Å². The Morgan fingerprint density at radius 3 is 2.48 bits per heavy atom. The number of hydrogen-bond acceptors (Lipinski definition) is 2. The molecule has 0 amide bonds. The lowest BCUT2D eigenvalue weighted by Crippen LogP contribution is -2.06. The molecule has 0 radical (unpaired) electrons. The van der Waals surface area contributed by atoms with E-state index in [1.165, 1.54) is 43.2 Å². The van der Waals surface area contributed by atoms with Crippen molar-refractivity contribution in [2.45, 2.75) is 51.4 Å². The molecule has 0 spiro atoms. The Bertz CT molecular complexity index is 603. The van der Waals surface area contributed by atoms with Gasteiger partial charge in [0.15, 0.2) is 0 Å². The topological polar surface area (TPSA) is 17.1 Å². The van der Waals surface area contributed by atoms with Crippen molar-refractivity contribution < 1.29 is 4.79 Å². The van der Waals surface area contributed by atoms with E-state index < -0.39 is 0 Å². The second-order valence-corrected chi connectivity index (χ2v) is 6.83. The zero-order valence-electron chi connectivity index (χ0n) is 12.6. The smallest absolute Gasteiger partial charge is 0.203 e. The van der Waals surface area contributed by atoms with Gasteiger partial charge in [-0.25, -0.2) is 0 Å². The summed E-state index contributed by atoms with van der Waals surface area (Å²) in [4.78, 5) is 13.5. The summed E-state index contributed by atoms with van der Waals surface area (Å²) in [6.07, 6.45) is 7.60. The maximum atomic E-state index is 12.6. The molecule has 0 atom stereocenters. The van der Waals surface area contributed by atoms with E-state index in [0.29, 0.717) is 5.92 Å². The highest BCUT2D eigenvalue weighted by molar-refractivity contribution is 7.12. The molecule has 0 aliphatic heterocycles. The van der Waals surface area contributed by atoms with Crippen molar-refractivity contribution in [3.63, 3.8) is 0 Å². The quantitative estimate of drug-likeness (QED) is 0.672. The van der Waals surface area contributed by atoms with Crippen LogP contribution in [0, 0.1) is 0 Å². The van der Waals surface area contributed by atoms with E-state index in [2.05, 4.69) is 25.1 Å². The number of ketones is 1. The van der Waals surface area contributed by atoms with Crippen LogP contribution in [0.2, 0.25) is 0 Å². The summed E-state index contributed by atoms with van der Waals surface area (Å²) in [5, 5.41) is 2.02. The summed E-state index contributed by atoms with van der Waals surface area (Å²) >= 11 is 1.56. The van der Waals surface area contributed by atoms with Gasteiger partial charge in [0.1, 0.15) is 0 Å². The summed E-state index contributed by atoms with van der Waals surface area (Å²) in [6, 6.07) is 10.4. The molecule has 3 rings (SSSR count). The third-order valence-electron chi connectivity index (χ3n) is 4.58. The standard InChI is InChI=1S/C19H22OS/c1-2-14-12-13-21-19(14)18(20)17-10-8-16(9-11-17)15-6-4-3-5-7-15/h8-13,15H,2-7H2,1H3. The number of aryl methyl sites for hydroxylation is 1. The number of carbonyl (C=O) groups excluding carboxylic acids is 1. The van der Waals surface area contributed by atoms with Crippen molar-refractivity contribution in [3.8, 4) is 0 Å². The minimum Gasteiger partial charge on any atom is -0.288 e. The predicted octanol–water partition coefficient (Wildman–Crippen LogP) is 5.59. The van der Waals surface area contributed by atoms with Crippen LogP contribution in [0.3, 0.4) is 0 Å². The molecular formula is C19H22OS. The fourth-order valence-electron chi connectivity index (χ4n) is 3.29. The van der Waals surface area contributed by atoms with E-state index in [-0.39, 0.29) is 5.78 Å². The summed E-state index contributed by atoms with van der Waals surface area (Å²) in [5.74, 6) is 0.882. The second-order valence-electron chi connectivity index (χ2n) is 5.91. The fourth-order valence-corrected chi connectivity index (χ4v) is 4.24. The summed E-state index contributed by atoms with van der Waals surface area (Å²) in [5.41, 5.74) is 3.40. The Hall–Kier alpha value is -1.41. The average molecular weight is 298 g/mol.